The minimum atomic E-state index is 0.0811. The Hall–Kier alpha value is -0.870. The monoisotopic (exact) mass is 280 g/mol. The maximum atomic E-state index is 4.61. The molecule has 0 radical (unpaired) electrons. The largest absolute Gasteiger partial charge is 0.337 e. The molecule has 0 aliphatic carbocycles. The summed E-state index contributed by atoms with van der Waals surface area (Å²) in [6.07, 6.45) is 6.17. The molecule has 1 heterocycles. The first-order chi connectivity index (χ1) is 9.54. The van der Waals surface area contributed by atoms with Crippen LogP contribution in [0.25, 0.3) is 0 Å². The van der Waals surface area contributed by atoms with Crippen molar-refractivity contribution in [2.75, 3.05) is 19.6 Å². The molecule has 0 saturated heterocycles. The van der Waals surface area contributed by atoms with Gasteiger partial charge in [0, 0.05) is 25.0 Å². The summed E-state index contributed by atoms with van der Waals surface area (Å²) in [7, 11) is 2.08. The summed E-state index contributed by atoms with van der Waals surface area (Å²) in [5.74, 6) is 1.13. The van der Waals surface area contributed by atoms with Crippen LogP contribution in [0.1, 0.15) is 59.3 Å². The highest BCUT2D eigenvalue weighted by atomic mass is 15.2. The van der Waals surface area contributed by atoms with Gasteiger partial charge in [-0.1, -0.05) is 27.7 Å². The first kappa shape index (κ1) is 17.2. The SMILES string of the molecule is CCCNC(c1nccn1C)C(C)(CC)N(CC)CC. The second kappa shape index (κ2) is 7.79. The second-order valence-electron chi connectivity index (χ2n) is 5.67. The lowest BCUT2D eigenvalue weighted by Crippen LogP contribution is -2.55. The van der Waals surface area contributed by atoms with Gasteiger partial charge in [-0.15, -0.1) is 0 Å². The maximum absolute atomic E-state index is 4.61. The fourth-order valence-electron chi connectivity index (χ4n) is 3.09. The first-order valence-electron chi connectivity index (χ1n) is 8.00. The summed E-state index contributed by atoms with van der Waals surface area (Å²) in [6, 6.07) is 0.257. The van der Waals surface area contributed by atoms with Crippen LogP contribution in [0, 0.1) is 0 Å². The van der Waals surface area contributed by atoms with E-state index in [1.54, 1.807) is 0 Å². The Morgan fingerprint density at radius 3 is 2.35 bits per heavy atom. The Bertz CT molecular complexity index is 384. The Labute approximate surface area is 124 Å². The van der Waals surface area contributed by atoms with E-state index in [9.17, 15) is 0 Å². The van der Waals surface area contributed by atoms with E-state index in [1.807, 2.05) is 12.4 Å². The predicted molar refractivity (Wildman–Crippen MR) is 85.9 cm³/mol. The van der Waals surface area contributed by atoms with Crippen LogP contribution in [-0.4, -0.2) is 39.6 Å². The highest BCUT2D eigenvalue weighted by Gasteiger charge is 2.39. The van der Waals surface area contributed by atoms with Crippen LogP contribution >= 0.6 is 0 Å². The molecule has 1 rings (SSSR count). The molecule has 1 aromatic rings. The van der Waals surface area contributed by atoms with Crippen LogP contribution in [0.5, 0.6) is 0 Å². The third kappa shape index (κ3) is 3.41. The van der Waals surface area contributed by atoms with Crippen molar-refractivity contribution in [2.45, 2.75) is 59.0 Å². The van der Waals surface area contributed by atoms with Crippen molar-refractivity contribution in [3.63, 3.8) is 0 Å². The van der Waals surface area contributed by atoms with Crippen LogP contribution in [0.4, 0.5) is 0 Å². The highest BCUT2D eigenvalue weighted by molar-refractivity contribution is 5.09. The number of rotatable bonds is 9. The lowest BCUT2D eigenvalue weighted by molar-refractivity contribution is 0.0655. The quantitative estimate of drug-likeness (QED) is 0.755. The average molecular weight is 280 g/mol. The van der Waals surface area contributed by atoms with Gasteiger partial charge in [-0.3, -0.25) is 4.90 Å². The van der Waals surface area contributed by atoms with Gasteiger partial charge in [0.05, 0.1) is 6.04 Å². The summed E-state index contributed by atoms with van der Waals surface area (Å²) >= 11 is 0. The van der Waals surface area contributed by atoms with E-state index < -0.39 is 0 Å². The molecular weight excluding hydrogens is 248 g/mol. The van der Waals surface area contributed by atoms with Gasteiger partial charge in [-0.2, -0.15) is 0 Å². The molecule has 0 bridgehead atoms. The number of aryl methyl sites for hydroxylation is 1. The van der Waals surface area contributed by atoms with Crippen molar-refractivity contribution >= 4 is 0 Å². The molecule has 1 aromatic heterocycles. The topological polar surface area (TPSA) is 33.1 Å². The van der Waals surface area contributed by atoms with E-state index in [0.717, 1.165) is 38.3 Å². The molecule has 0 fully saturated rings. The normalized spacial score (nSPS) is 16.4. The minimum Gasteiger partial charge on any atom is -0.337 e. The summed E-state index contributed by atoms with van der Waals surface area (Å²) < 4.78 is 2.14. The molecule has 2 atom stereocenters. The predicted octanol–water partition coefficient (Wildman–Crippen LogP) is 2.97. The van der Waals surface area contributed by atoms with Gasteiger partial charge in [-0.25, -0.2) is 4.98 Å². The van der Waals surface area contributed by atoms with E-state index >= 15 is 0 Å². The second-order valence-corrected chi connectivity index (χ2v) is 5.67. The molecule has 4 nitrogen and oxygen atoms in total. The lowest BCUT2D eigenvalue weighted by atomic mass is 9.86. The zero-order valence-corrected chi connectivity index (χ0v) is 14.1. The summed E-state index contributed by atoms with van der Waals surface area (Å²) in [5, 5.41) is 3.73. The Morgan fingerprint density at radius 1 is 1.30 bits per heavy atom. The first-order valence-corrected chi connectivity index (χ1v) is 8.00. The molecule has 0 spiro atoms. The van der Waals surface area contributed by atoms with Crippen molar-refractivity contribution in [2.24, 2.45) is 7.05 Å². The van der Waals surface area contributed by atoms with Crippen LogP contribution in [0.3, 0.4) is 0 Å². The zero-order valence-electron chi connectivity index (χ0n) is 14.1. The van der Waals surface area contributed by atoms with E-state index in [1.165, 1.54) is 0 Å². The smallest absolute Gasteiger partial charge is 0.127 e. The van der Waals surface area contributed by atoms with Crippen LogP contribution in [-0.2, 0) is 7.05 Å². The third-order valence-electron chi connectivity index (χ3n) is 4.54. The third-order valence-corrected chi connectivity index (χ3v) is 4.54. The van der Waals surface area contributed by atoms with Gasteiger partial charge in [-0.05, 0) is 39.4 Å². The van der Waals surface area contributed by atoms with Gasteiger partial charge in [0.2, 0.25) is 0 Å². The molecule has 20 heavy (non-hydrogen) atoms. The maximum Gasteiger partial charge on any atom is 0.127 e. The van der Waals surface area contributed by atoms with E-state index in [4.69, 9.17) is 0 Å². The van der Waals surface area contributed by atoms with Gasteiger partial charge >= 0.3 is 0 Å². The lowest BCUT2D eigenvalue weighted by Gasteiger charge is -2.45. The number of imidazole rings is 1. The van der Waals surface area contributed by atoms with Crippen molar-refractivity contribution < 1.29 is 0 Å². The summed E-state index contributed by atoms with van der Waals surface area (Å²) in [5.41, 5.74) is 0.0811. The molecule has 1 N–H and O–H groups in total. The molecule has 0 amide bonds. The molecule has 0 saturated carbocycles. The fraction of sp³-hybridized carbons (Fsp3) is 0.812. The standard InChI is InChI=1S/C16H32N4/c1-7-11-17-14(15-18-12-13-19(15)6)16(5,8-2)20(9-3)10-4/h12-14,17H,7-11H2,1-6H3. The van der Waals surface area contributed by atoms with E-state index in [0.29, 0.717) is 0 Å². The Balaban J connectivity index is 3.16. The summed E-state index contributed by atoms with van der Waals surface area (Å²) in [6.45, 7) is 14.5. The number of hydrogen-bond acceptors (Lipinski definition) is 3. The van der Waals surface area contributed by atoms with Crippen molar-refractivity contribution in [3.8, 4) is 0 Å². The number of likely N-dealkylation sites (N-methyl/N-ethyl adjacent to an activating group) is 1. The highest BCUT2D eigenvalue weighted by Crippen LogP contribution is 2.33. The Kier molecular flexibility index (Phi) is 6.69. The van der Waals surface area contributed by atoms with Gasteiger partial charge in [0.15, 0.2) is 0 Å². The van der Waals surface area contributed by atoms with Crippen molar-refractivity contribution in [3.05, 3.63) is 18.2 Å². The molecule has 0 aromatic carbocycles. The number of nitrogens with one attached hydrogen (secondary N) is 1. The van der Waals surface area contributed by atoms with Gasteiger partial charge in [0.25, 0.3) is 0 Å². The zero-order chi connectivity index (χ0) is 15.2. The van der Waals surface area contributed by atoms with Gasteiger partial charge < -0.3 is 9.88 Å². The minimum absolute atomic E-state index is 0.0811. The van der Waals surface area contributed by atoms with Crippen molar-refractivity contribution in [1.29, 1.82) is 0 Å². The fourth-order valence-corrected chi connectivity index (χ4v) is 3.09. The van der Waals surface area contributed by atoms with E-state index in [-0.39, 0.29) is 11.6 Å². The molecule has 2 unspecified atom stereocenters. The average Bonchev–Trinajstić information content (AvgIpc) is 2.86. The number of nitrogens with zero attached hydrogens (tertiary/aromatic N) is 3. The molecule has 4 heteroatoms. The number of aromatic nitrogens is 2. The summed E-state index contributed by atoms with van der Waals surface area (Å²) in [4.78, 5) is 7.16. The van der Waals surface area contributed by atoms with Crippen molar-refractivity contribution in [1.82, 2.24) is 19.8 Å². The molecule has 0 aliphatic rings. The molecule has 0 aliphatic heterocycles. The molecule has 116 valence electrons. The van der Waals surface area contributed by atoms with Crippen LogP contribution < -0.4 is 5.32 Å². The number of hydrogen-bond donors (Lipinski definition) is 1. The van der Waals surface area contributed by atoms with Gasteiger partial charge in [0.1, 0.15) is 5.82 Å². The Morgan fingerprint density at radius 2 is 1.95 bits per heavy atom. The van der Waals surface area contributed by atoms with Crippen LogP contribution in [0.15, 0.2) is 12.4 Å². The molecular formula is C16H32N4. The van der Waals surface area contributed by atoms with Crippen LogP contribution in [0.2, 0.25) is 0 Å². The van der Waals surface area contributed by atoms with E-state index in [2.05, 4.69) is 61.4 Å².